The molecule has 0 spiro atoms. The van der Waals surface area contributed by atoms with Gasteiger partial charge in [-0.3, -0.25) is 20.2 Å². The summed E-state index contributed by atoms with van der Waals surface area (Å²) in [6.45, 7) is 4.62. The van der Waals surface area contributed by atoms with E-state index in [0.717, 1.165) is 6.08 Å². The van der Waals surface area contributed by atoms with Gasteiger partial charge in [0.2, 0.25) is 0 Å². The summed E-state index contributed by atoms with van der Waals surface area (Å²) >= 11 is 0. The number of nitro benzene ring substituents is 2. The fraction of sp³-hybridized carbons (Fsp3) is 0.308. The molecule has 0 unspecified atom stereocenters. The molecule has 0 heterocycles. The quantitative estimate of drug-likeness (QED) is 0.357. The largest absolute Gasteiger partial charge is 0.463 e. The van der Waals surface area contributed by atoms with Crippen molar-refractivity contribution in [2.45, 2.75) is 20.8 Å². The van der Waals surface area contributed by atoms with Gasteiger partial charge in [0, 0.05) is 17.7 Å². The summed E-state index contributed by atoms with van der Waals surface area (Å²) in [5, 5.41) is 22.0. The number of hydrogen-bond donors (Lipinski definition) is 0. The number of nitro groups is 2. The summed E-state index contributed by atoms with van der Waals surface area (Å²) in [4.78, 5) is 31.9. The molecule has 0 bridgehead atoms. The van der Waals surface area contributed by atoms with Crippen molar-refractivity contribution in [2.24, 2.45) is 0 Å². The minimum Gasteiger partial charge on any atom is -0.463 e. The molecule has 0 atom stereocenters. The fourth-order valence-electron chi connectivity index (χ4n) is 1.89. The van der Waals surface area contributed by atoms with Crippen LogP contribution in [-0.4, -0.2) is 22.4 Å². The second kappa shape index (κ2) is 6.60. The van der Waals surface area contributed by atoms with Crippen LogP contribution in [0.1, 0.15) is 23.6 Å². The van der Waals surface area contributed by atoms with Gasteiger partial charge in [0.25, 0.3) is 11.4 Å². The minimum absolute atomic E-state index is 0.0178. The zero-order valence-corrected chi connectivity index (χ0v) is 11.8. The van der Waals surface area contributed by atoms with E-state index in [1.54, 1.807) is 6.92 Å². The van der Waals surface area contributed by atoms with E-state index in [4.69, 9.17) is 0 Å². The van der Waals surface area contributed by atoms with E-state index in [2.05, 4.69) is 4.74 Å². The first-order valence-electron chi connectivity index (χ1n) is 6.07. The highest BCUT2D eigenvalue weighted by Crippen LogP contribution is 2.34. The number of benzene rings is 1. The third-order valence-corrected chi connectivity index (χ3v) is 2.88. The van der Waals surface area contributed by atoms with Gasteiger partial charge in [0.05, 0.1) is 16.5 Å². The van der Waals surface area contributed by atoms with Gasteiger partial charge < -0.3 is 4.74 Å². The van der Waals surface area contributed by atoms with Gasteiger partial charge in [-0.1, -0.05) is 0 Å². The van der Waals surface area contributed by atoms with E-state index in [-0.39, 0.29) is 34.7 Å². The molecular weight excluding hydrogens is 280 g/mol. The lowest BCUT2D eigenvalue weighted by molar-refractivity contribution is -0.395. The molecule has 0 aliphatic heterocycles. The molecule has 0 aliphatic carbocycles. The smallest absolute Gasteiger partial charge is 0.330 e. The monoisotopic (exact) mass is 294 g/mol. The number of carbonyl (C=O) groups is 1. The van der Waals surface area contributed by atoms with Gasteiger partial charge in [-0.25, -0.2) is 4.79 Å². The highest BCUT2D eigenvalue weighted by molar-refractivity contribution is 5.88. The first-order valence-corrected chi connectivity index (χ1v) is 6.07. The van der Waals surface area contributed by atoms with Crippen molar-refractivity contribution >= 4 is 23.4 Å². The molecule has 0 aromatic heterocycles. The Labute approximate surface area is 120 Å². The predicted molar refractivity (Wildman–Crippen MR) is 74.9 cm³/mol. The summed E-state index contributed by atoms with van der Waals surface area (Å²) < 4.78 is 4.69. The van der Waals surface area contributed by atoms with Crippen molar-refractivity contribution in [2.75, 3.05) is 6.61 Å². The Morgan fingerprint density at radius 3 is 2.33 bits per heavy atom. The highest BCUT2D eigenvalue weighted by Gasteiger charge is 2.26. The van der Waals surface area contributed by atoms with Crippen LogP contribution in [0.15, 0.2) is 12.1 Å². The lowest BCUT2D eigenvalue weighted by atomic mass is 10.0. The zero-order chi connectivity index (χ0) is 16.2. The van der Waals surface area contributed by atoms with E-state index in [1.807, 2.05) is 0 Å². The van der Waals surface area contributed by atoms with Gasteiger partial charge in [-0.15, -0.1) is 0 Å². The van der Waals surface area contributed by atoms with Gasteiger partial charge in [-0.05, 0) is 32.4 Å². The maximum atomic E-state index is 11.3. The third-order valence-electron chi connectivity index (χ3n) is 2.88. The van der Waals surface area contributed by atoms with E-state index >= 15 is 0 Å². The van der Waals surface area contributed by atoms with Crippen LogP contribution in [0.3, 0.4) is 0 Å². The van der Waals surface area contributed by atoms with E-state index in [0.29, 0.717) is 0 Å². The predicted octanol–water partition coefficient (Wildman–Crippen LogP) is 2.70. The molecule has 1 aromatic carbocycles. The van der Waals surface area contributed by atoms with Crippen LogP contribution in [-0.2, 0) is 9.53 Å². The Kier molecular flexibility index (Phi) is 5.12. The first kappa shape index (κ1) is 16.3. The number of nitrogens with zero attached hydrogens (tertiary/aromatic N) is 2. The number of ether oxygens (including phenoxy) is 1. The Morgan fingerprint density at radius 2 is 1.86 bits per heavy atom. The Bertz CT molecular complexity index is 636. The SMILES string of the molecule is CCOC(=O)/C=C/c1cc([N+](=O)[O-])c(C)c([N+](=O)[O-])c1C. The van der Waals surface area contributed by atoms with Crippen LogP contribution in [0.25, 0.3) is 6.08 Å². The normalized spacial score (nSPS) is 10.6. The average molecular weight is 294 g/mol. The standard InChI is InChI=1S/C13H14N2O6/c1-4-21-12(16)6-5-10-7-11(14(17)18)9(3)13(8(10)2)15(19)20/h5-7H,4H2,1-3H3/b6-5+. The van der Waals surface area contributed by atoms with Gasteiger partial charge in [0.1, 0.15) is 5.56 Å². The average Bonchev–Trinajstić information content (AvgIpc) is 2.37. The maximum Gasteiger partial charge on any atom is 0.330 e. The summed E-state index contributed by atoms with van der Waals surface area (Å²) in [5.41, 5.74) is -0.227. The van der Waals surface area contributed by atoms with Gasteiger partial charge >= 0.3 is 5.97 Å². The highest BCUT2D eigenvalue weighted by atomic mass is 16.6. The number of hydrogen-bond acceptors (Lipinski definition) is 6. The summed E-state index contributed by atoms with van der Waals surface area (Å²) in [5.74, 6) is -0.622. The third kappa shape index (κ3) is 3.62. The van der Waals surface area contributed by atoms with Crippen molar-refractivity contribution < 1.29 is 19.4 Å². The molecule has 8 heteroatoms. The molecule has 112 valence electrons. The molecule has 0 saturated heterocycles. The van der Waals surface area contributed by atoms with Crippen molar-refractivity contribution in [3.63, 3.8) is 0 Å². The molecule has 0 saturated carbocycles. The molecule has 1 aromatic rings. The molecule has 0 N–H and O–H groups in total. The lowest BCUT2D eigenvalue weighted by Crippen LogP contribution is -2.03. The fourth-order valence-corrected chi connectivity index (χ4v) is 1.89. The maximum absolute atomic E-state index is 11.3. The topological polar surface area (TPSA) is 113 Å². The molecule has 0 aliphatic rings. The van der Waals surface area contributed by atoms with E-state index < -0.39 is 15.8 Å². The Hall–Kier alpha value is -2.77. The number of carbonyl (C=O) groups excluding carboxylic acids is 1. The number of rotatable bonds is 5. The summed E-state index contributed by atoms with van der Waals surface area (Å²) in [6, 6.07) is 1.20. The zero-order valence-electron chi connectivity index (χ0n) is 11.8. The van der Waals surface area contributed by atoms with Crippen LogP contribution < -0.4 is 0 Å². The molecule has 8 nitrogen and oxygen atoms in total. The van der Waals surface area contributed by atoms with Crippen LogP contribution in [0, 0.1) is 34.1 Å². The molecule has 0 amide bonds. The second-order valence-corrected chi connectivity index (χ2v) is 4.18. The van der Waals surface area contributed by atoms with Crippen molar-refractivity contribution in [1.29, 1.82) is 0 Å². The number of esters is 1. The van der Waals surface area contributed by atoms with Crippen molar-refractivity contribution in [1.82, 2.24) is 0 Å². The van der Waals surface area contributed by atoms with Crippen molar-refractivity contribution in [3.8, 4) is 0 Å². The lowest BCUT2D eigenvalue weighted by Gasteiger charge is -2.06. The van der Waals surface area contributed by atoms with E-state index in [1.165, 1.54) is 26.0 Å². The van der Waals surface area contributed by atoms with Crippen molar-refractivity contribution in [3.05, 3.63) is 49.1 Å². The van der Waals surface area contributed by atoms with Crippen LogP contribution >= 0.6 is 0 Å². The molecule has 0 radical (unpaired) electrons. The molecule has 21 heavy (non-hydrogen) atoms. The second-order valence-electron chi connectivity index (χ2n) is 4.18. The van der Waals surface area contributed by atoms with E-state index in [9.17, 15) is 25.0 Å². The van der Waals surface area contributed by atoms with Gasteiger partial charge in [0.15, 0.2) is 0 Å². The first-order chi connectivity index (χ1) is 9.79. The Morgan fingerprint density at radius 1 is 1.24 bits per heavy atom. The summed E-state index contributed by atoms with van der Waals surface area (Å²) in [7, 11) is 0. The van der Waals surface area contributed by atoms with Crippen LogP contribution in [0.5, 0.6) is 0 Å². The van der Waals surface area contributed by atoms with Crippen LogP contribution in [0.4, 0.5) is 11.4 Å². The molecule has 0 fully saturated rings. The molecular formula is C13H14N2O6. The van der Waals surface area contributed by atoms with Crippen LogP contribution in [0.2, 0.25) is 0 Å². The van der Waals surface area contributed by atoms with Gasteiger partial charge in [-0.2, -0.15) is 0 Å². The Balaban J connectivity index is 3.42. The summed E-state index contributed by atoms with van der Waals surface area (Å²) in [6.07, 6.45) is 2.35. The minimum atomic E-state index is -0.691. The molecule has 1 rings (SSSR count).